The van der Waals surface area contributed by atoms with E-state index in [9.17, 15) is 9.90 Å². The van der Waals surface area contributed by atoms with Crippen molar-refractivity contribution >= 4 is 5.91 Å². The zero-order chi connectivity index (χ0) is 14.8. The number of hydrogen-bond acceptors (Lipinski definition) is 2. The number of amides is 1. The van der Waals surface area contributed by atoms with Crippen molar-refractivity contribution in [3.05, 3.63) is 70.8 Å². The second-order valence-electron chi connectivity index (χ2n) is 5.58. The Morgan fingerprint density at radius 3 is 2.62 bits per heavy atom. The third-order valence-corrected chi connectivity index (χ3v) is 4.04. The third-order valence-electron chi connectivity index (χ3n) is 4.04. The van der Waals surface area contributed by atoms with E-state index in [1.165, 1.54) is 0 Å². The first-order chi connectivity index (χ1) is 10.1. The predicted octanol–water partition coefficient (Wildman–Crippen LogP) is 2.73. The molecule has 0 saturated carbocycles. The van der Waals surface area contributed by atoms with Crippen molar-refractivity contribution in [2.45, 2.75) is 19.4 Å². The summed E-state index contributed by atoms with van der Waals surface area (Å²) >= 11 is 0. The molecular formula is C18H19NO2. The summed E-state index contributed by atoms with van der Waals surface area (Å²) in [6.45, 7) is 3.02. The molecule has 0 fully saturated rings. The highest BCUT2D eigenvalue weighted by Gasteiger charge is 2.25. The number of carbonyl (C=O) groups is 1. The highest BCUT2D eigenvalue weighted by molar-refractivity contribution is 5.96. The minimum absolute atomic E-state index is 0.0167. The van der Waals surface area contributed by atoms with Gasteiger partial charge in [-0.3, -0.25) is 4.79 Å². The van der Waals surface area contributed by atoms with E-state index >= 15 is 0 Å². The minimum atomic E-state index is -0.639. The van der Waals surface area contributed by atoms with Crippen molar-refractivity contribution in [2.24, 2.45) is 0 Å². The number of β-amino-alcohol motifs (C(OH)–C–C–N with tert-alkyl or cyclic N) is 1. The average Bonchev–Trinajstić information content (AvgIpc) is 2.51. The zero-order valence-corrected chi connectivity index (χ0v) is 12.1. The number of aryl methyl sites for hydroxylation is 1. The fourth-order valence-electron chi connectivity index (χ4n) is 2.75. The largest absolute Gasteiger partial charge is 0.387 e. The Morgan fingerprint density at radius 2 is 1.86 bits per heavy atom. The molecule has 0 aromatic heterocycles. The number of carbonyl (C=O) groups excluding carboxylic acids is 1. The molecule has 0 aliphatic carbocycles. The normalized spacial score (nSPS) is 15.7. The second-order valence-corrected chi connectivity index (χ2v) is 5.58. The molecule has 108 valence electrons. The molecular weight excluding hydrogens is 262 g/mol. The second kappa shape index (κ2) is 5.70. The lowest BCUT2D eigenvalue weighted by atomic mass is 9.98. The number of hydrogen-bond donors (Lipinski definition) is 1. The fourth-order valence-corrected chi connectivity index (χ4v) is 2.75. The molecule has 1 atom stereocenters. The number of rotatable bonds is 3. The van der Waals surface area contributed by atoms with E-state index in [2.05, 4.69) is 0 Å². The van der Waals surface area contributed by atoms with E-state index in [0.29, 0.717) is 13.1 Å². The van der Waals surface area contributed by atoms with E-state index in [0.717, 1.165) is 28.7 Å². The van der Waals surface area contributed by atoms with E-state index in [4.69, 9.17) is 0 Å². The van der Waals surface area contributed by atoms with E-state index < -0.39 is 6.10 Å². The Bertz CT molecular complexity index is 649. The molecule has 0 bridgehead atoms. The van der Waals surface area contributed by atoms with Crippen LogP contribution in [0.15, 0.2) is 48.5 Å². The Kier molecular flexibility index (Phi) is 3.76. The number of benzene rings is 2. The van der Waals surface area contributed by atoms with Crippen LogP contribution >= 0.6 is 0 Å². The first kappa shape index (κ1) is 13.8. The van der Waals surface area contributed by atoms with Crippen molar-refractivity contribution in [1.82, 2.24) is 4.90 Å². The summed E-state index contributed by atoms with van der Waals surface area (Å²) in [5, 5.41) is 10.3. The van der Waals surface area contributed by atoms with Crippen LogP contribution in [-0.2, 0) is 6.42 Å². The molecule has 1 aliphatic rings. The average molecular weight is 281 g/mol. The molecule has 3 heteroatoms. The highest BCUT2D eigenvalue weighted by atomic mass is 16.3. The summed E-state index contributed by atoms with van der Waals surface area (Å²) in [5.41, 5.74) is 3.88. The van der Waals surface area contributed by atoms with E-state index in [1.807, 2.05) is 55.5 Å². The van der Waals surface area contributed by atoms with Crippen LogP contribution in [0, 0.1) is 6.92 Å². The topological polar surface area (TPSA) is 40.5 Å². The summed E-state index contributed by atoms with van der Waals surface area (Å²) in [6.07, 6.45) is 0.211. The van der Waals surface area contributed by atoms with Crippen LogP contribution in [0.25, 0.3) is 0 Å². The Balaban J connectivity index is 1.74. The molecule has 1 amide bonds. The fraction of sp³-hybridized carbons (Fsp3) is 0.278. The van der Waals surface area contributed by atoms with Gasteiger partial charge in [-0.15, -0.1) is 0 Å². The maximum Gasteiger partial charge on any atom is 0.254 e. The van der Waals surface area contributed by atoms with Crippen LogP contribution in [0.5, 0.6) is 0 Å². The Hall–Kier alpha value is -2.13. The smallest absolute Gasteiger partial charge is 0.254 e. The summed E-state index contributed by atoms with van der Waals surface area (Å²) in [4.78, 5) is 14.2. The Morgan fingerprint density at radius 1 is 1.14 bits per heavy atom. The molecule has 3 nitrogen and oxygen atoms in total. The van der Waals surface area contributed by atoms with Crippen molar-refractivity contribution in [1.29, 1.82) is 0 Å². The summed E-state index contributed by atoms with van der Waals surface area (Å²) < 4.78 is 0. The molecule has 2 aromatic rings. The van der Waals surface area contributed by atoms with Crippen molar-refractivity contribution < 1.29 is 9.90 Å². The number of aliphatic hydroxyl groups excluding tert-OH is 1. The first-order valence-corrected chi connectivity index (χ1v) is 7.27. The van der Waals surface area contributed by atoms with Crippen LogP contribution in [0.2, 0.25) is 0 Å². The predicted molar refractivity (Wildman–Crippen MR) is 82.2 cm³/mol. The quantitative estimate of drug-likeness (QED) is 0.939. The summed E-state index contributed by atoms with van der Waals surface area (Å²) in [5.74, 6) is 0.0167. The van der Waals surface area contributed by atoms with Crippen LogP contribution in [-0.4, -0.2) is 29.0 Å². The molecule has 0 saturated heterocycles. The van der Waals surface area contributed by atoms with Gasteiger partial charge in [-0.2, -0.15) is 0 Å². The van der Waals surface area contributed by atoms with Crippen molar-refractivity contribution in [3.63, 3.8) is 0 Å². The van der Waals surface area contributed by atoms with Crippen molar-refractivity contribution in [2.75, 3.05) is 13.1 Å². The maximum atomic E-state index is 12.5. The van der Waals surface area contributed by atoms with Crippen LogP contribution in [0.1, 0.15) is 33.2 Å². The standard InChI is InChI=1S/C18H19NO2/c1-13-6-8-15(9-7-13)17(20)12-19-11-10-14-4-2-3-5-16(14)18(19)21/h2-9,17,20H,10-12H2,1H3. The third kappa shape index (κ3) is 2.83. The van der Waals surface area contributed by atoms with E-state index in [1.54, 1.807) is 4.90 Å². The summed E-state index contributed by atoms with van der Waals surface area (Å²) in [6, 6.07) is 15.5. The monoisotopic (exact) mass is 281 g/mol. The van der Waals surface area contributed by atoms with Crippen LogP contribution in [0.3, 0.4) is 0 Å². The lowest BCUT2D eigenvalue weighted by Crippen LogP contribution is -2.40. The van der Waals surface area contributed by atoms with Gasteiger partial charge in [-0.1, -0.05) is 48.0 Å². The van der Waals surface area contributed by atoms with Gasteiger partial charge in [-0.25, -0.2) is 0 Å². The number of aliphatic hydroxyl groups is 1. The SMILES string of the molecule is Cc1ccc(C(O)CN2CCc3ccccc3C2=O)cc1. The number of fused-ring (bicyclic) bond motifs is 1. The van der Waals surface area contributed by atoms with Gasteiger partial charge < -0.3 is 10.0 Å². The van der Waals surface area contributed by atoms with Gasteiger partial charge in [0.15, 0.2) is 0 Å². The van der Waals surface area contributed by atoms with Gasteiger partial charge in [-0.05, 0) is 30.5 Å². The van der Waals surface area contributed by atoms with Gasteiger partial charge >= 0.3 is 0 Å². The molecule has 1 aliphatic heterocycles. The Labute approximate surface area is 124 Å². The molecule has 21 heavy (non-hydrogen) atoms. The van der Waals surface area contributed by atoms with Gasteiger partial charge in [0.25, 0.3) is 5.91 Å². The van der Waals surface area contributed by atoms with E-state index in [-0.39, 0.29) is 5.91 Å². The molecule has 2 aromatic carbocycles. The molecule has 1 N–H and O–H groups in total. The van der Waals surface area contributed by atoms with Crippen LogP contribution in [0.4, 0.5) is 0 Å². The van der Waals surface area contributed by atoms with Gasteiger partial charge in [0.1, 0.15) is 0 Å². The molecule has 3 rings (SSSR count). The lowest BCUT2D eigenvalue weighted by molar-refractivity contribution is 0.0604. The van der Waals surface area contributed by atoms with Gasteiger partial charge in [0.2, 0.25) is 0 Å². The van der Waals surface area contributed by atoms with Crippen LogP contribution < -0.4 is 0 Å². The van der Waals surface area contributed by atoms with Gasteiger partial charge in [0, 0.05) is 12.1 Å². The van der Waals surface area contributed by atoms with Crippen molar-refractivity contribution in [3.8, 4) is 0 Å². The highest BCUT2D eigenvalue weighted by Crippen LogP contribution is 2.22. The molecule has 1 unspecified atom stereocenters. The number of nitrogens with zero attached hydrogens (tertiary/aromatic N) is 1. The molecule has 1 heterocycles. The van der Waals surface area contributed by atoms with Gasteiger partial charge in [0.05, 0.1) is 12.6 Å². The molecule has 0 radical (unpaired) electrons. The molecule has 0 spiro atoms. The summed E-state index contributed by atoms with van der Waals surface area (Å²) in [7, 11) is 0. The maximum absolute atomic E-state index is 12.5. The first-order valence-electron chi connectivity index (χ1n) is 7.27. The lowest BCUT2D eigenvalue weighted by Gasteiger charge is -2.30. The zero-order valence-electron chi connectivity index (χ0n) is 12.1. The minimum Gasteiger partial charge on any atom is -0.387 e.